The highest BCUT2D eigenvalue weighted by Gasteiger charge is 2.31. The molecule has 2 aromatic carbocycles. The van der Waals surface area contributed by atoms with Gasteiger partial charge >= 0.3 is 0 Å². The zero-order chi connectivity index (χ0) is 27.4. The molecule has 10 heteroatoms. The van der Waals surface area contributed by atoms with Crippen molar-refractivity contribution in [2.24, 2.45) is 0 Å². The van der Waals surface area contributed by atoms with Crippen LogP contribution in [0.4, 0.5) is 5.69 Å². The number of unbranched alkanes of at least 4 members (excludes halogenated alkanes) is 1. The quantitative estimate of drug-likeness (QED) is 0.351. The van der Waals surface area contributed by atoms with Crippen molar-refractivity contribution in [3.63, 3.8) is 0 Å². The Morgan fingerprint density at radius 3 is 2.11 bits per heavy atom. The smallest absolute Gasteiger partial charge is 0.244 e. The van der Waals surface area contributed by atoms with E-state index >= 15 is 0 Å². The van der Waals surface area contributed by atoms with Gasteiger partial charge in [0.2, 0.25) is 21.8 Å². The molecular weight excluding hydrogens is 494 g/mol. The van der Waals surface area contributed by atoms with Gasteiger partial charge in [-0.1, -0.05) is 32.4 Å². The topological polar surface area (TPSA) is 105 Å². The summed E-state index contributed by atoms with van der Waals surface area (Å²) in [6.45, 7) is 6.41. The molecule has 0 aliphatic rings. The van der Waals surface area contributed by atoms with Gasteiger partial charge in [-0.05, 0) is 61.7 Å². The Kier molecular flexibility index (Phi) is 11.7. The first-order valence-corrected chi connectivity index (χ1v) is 14.4. The Hall–Kier alpha value is -3.27. The van der Waals surface area contributed by atoms with Crippen molar-refractivity contribution < 1.29 is 27.5 Å². The number of sulfonamides is 1. The molecule has 0 spiro atoms. The number of carbonyl (C=O) groups excluding carboxylic acids is 2. The first-order valence-electron chi connectivity index (χ1n) is 12.5. The summed E-state index contributed by atoms with van der Waals surface area (Å²) in [7, 11) is -2.23. The molecule has 0 aliphatic heterocycles. The summed E-state index contributed by atoms with van der Waals surface area (Å²) in [6, 6.07) is 13.0. The van der Waals surface area contributed by atoms with E-state index in [0.29, 0.717) is 36.8 Å². The lowest BCUT2D eigenvalue weighted by Crippen LogP contribution is -2.52. The van der Waals surface area contributed by atoms with Crippen molar-refractivity contribution >= 4 is 27.5 Å². The number of benzene rings is 2. The van der Waals surface area contributed by atoms with Crippen molar-refractivity contribution in [1.29, 1.82) is 0 Å². The van der Waals surface area contributed by atoms with Gasteiger partial charge in [0.05, 0.1) is 25.7 Å². The van der Waals surface area contributed by atoms with Gasteiger partial charge in [-0.25, -0.2) is 8.42 Å². The predicted molar refractivity (Wildman–Crippen MR) is 145 cm³/mol. The first-order chi connectivity index (χ1) is 17.6. The Balaban J connectivity index is 2.38. The van der Waals surface area contributed by atoms with Crippen LogP contribution in [0.1, 0.15) is 45.6 Å². The molecule has 0 saturated heterocycles. The molecule has 1 atom stereocenters. The lowest BCUT2D eigenvalue weighted by atomic mass is 10.1. The number of hydrogen-bond acceptors (Lipinski definition) is 6. The fourth-order valence-electron chi connectivity index (χ4n) is 3.84. The maximum Gasteiger partial charge on any atom is 0.244 e. The lowest BCUT2D eigenvalue weighted by molar-refractivity contribution is -0.140. The highest BCUT2D eigenvalue weighted by molar-refractivity contribution is 7.92. The minimum Gasteiger partial charge on any atom is -0.497 e. The van der Waals surface area contributed by atoms with Gasteiger partial charge in [0.1, 0.15) is 24.1 Å². The maximum atomic E-state index is 13.7. The van der Waals surface area contributed by atoms with Crippen molar-refractivity contribution in [1.82, 2.24) is 10.2 Å². The minimum atomic E-state index is -3.80. The molecule has 0 radical (unpaired) electrons. The molecule has 37 heavy (non-hydrogen) atoms. The van der Waals surface area contributed by atoms with E-state index in [-0.39, 0.29) is 12.5 Å². The zero-order valence-electron chi connectivity index (χ0n) is 22.4. The van der Waals surface area contributed by atoms with E-state index in [0.717, 1.165) is 29.0 Å². The third-order valence-electron chi connectivity index (χ3n) is 5.84. The molecule has 0 bridgehead atoms. The Morgan fingerprint density at radius 2 is 1.59 bits per heavy atom. The summed E-state index contributed by atoms with van der Waals surface area (Å²) in [4.78, 5) is 28.2. The van der Waals surface area contributed by atoms with Crippen LogP contribution < -0.4 is 19.1 Å². The van der Waals surface area contributed by atoms with Crippen LogP contribution in [0.3, 0.4) is 0 Å². The molecule has 0 aromatic heterocycles. The standard InChI is InChI=1S/C27H39N3O6S/c1-6-9-18-28-27(32)25(7-2)29(19-21-10-14-23(35-4)15-11-21)26(31)20-30(37(5,33)34)22-12-16-24(17-13-22)36-8-3/h10-17,25H,6-9,18-20H2,1-5H3,(H,28,32). The van der Waals surface area contributed by atoms with Crippen LogP contribution in [0, 0.1) is 0 Å². The van der Waals surface area contributed by atoms with E-state index in [1.807, 2.05) is 32.9 Å². The highest BCUT2D eigenvalue weighted by atomic mass is 32.2. The summed E-state index contributed by atoms with van der Waals surface area (Å²) in [5, 5.41) is 2.91. The molecule has 0 heterocycles. The van der Waals surface area contributed by atoms with Crippen molar-refractivity contribution in [3.05, 3.63) is 54.1 Å². The zero-order valence-corrected chi connectivity index (χ0v) is 23.2. The van der Waals surface area contributed by atoms with Crippen LogP contribution in [0.25, 0.3) is 0 Å². The van der Waals surface area contributed by atoms with E-state index in [2.05, 4.69) is 5.32 Å². The molecular formula is C27H39N3O6S. The maximum absolute atomic E-state index is 13.7. The third kappa shape index (κ3) is 8.96. The third-order valence-corrected chi connectivity index (χ3v) is 6.98. The van der Waals surface area contributed by atoms with Crippen molar-refractivity contribution in [3.8, 4) is 11.5 Å². The number of ether oxygens (including phenoxy) is 2. The molecule has 0 aliphatic carbocycles. The Bertz CT molecular complexity index is 1100. The molecule has 204 valence electrons. The lowest BCUT2D eigenvalue weighted by Gasteiger charge is -2.33. The first kappa shape index (κ1) is 30.0. The number of amides is 2. The fourth-order valence-corrected chi connectivity index (χ4v) is 4.69. The highest BCUT2D eigenvalue weighted by Crippen LogP contribution is 2.23. The van der Waals surface area contributed by atoms with Crippen LogP contribution in [0.5, 0.6) is 11.5 Å². The number of nitrogens with one attached hydrogen (secondary N) is 1. The normalized spacial score (nSPS) is 11.9. The monoisotopic (exact) mass is 533 g/mol. The average Bonchev–Trinajstić information content (AvgIpc) is 2.87. The summed E-state index contributed by atoms with van der Waals surface area (Å²) >= 11 is 0. The van der Waals surface area contributed by atoms with E-state index in [4.69, 9.17) is 9.47 Å². The molecule has 0 saturated carbocycles. The van der Waals surface area contributed by atoms with Crippen LogP contribution in [0.2, 0.25) is 0 Å². The summed E-state index contributed by atoms with van der Waals surface area (Å²) in [5.41, 5.74) is 1.13. The van der Waals surface area contributed by atoms with Gasteiger partial charge < -0.3 is 19.7 Å². The van der Waals surface area contributed by atoms with Gasteiger partial charge in [0.25, 0.3) is 0 Å². The van der Waals surface area contributed by atoms with Gasteiger partial charge in [-0.15, -0.1) is 0 Å². The second-order valence-corrected chi connectivity index (χ2v) is 10.5. The molecule has 1 unspecified atom stereocenters. The van der Waals surface area contributed by atoms with Gasteiger partial charge in [0, 0.05) is 13.1 Å². The average molecular weight is 534 g/mol. The van der Waals surface area contributed by atoms with Gasteiger partial charge in [-0.3, -0.25) is 13.9 Å². The predicted octanol–water partition coefficient (Wildman–Crippen LogP) is 3.58. The molecule has 9 nitrogen and oxygen atoms in total. The molecule has 2 rings (SSSR count). The summed E-state index contributed by atoms with van der Waals surface area (Å²) < 4.78 is 37.1. The molecule has 1 N–H and O–H groups in total. The summed E-state index contributed by atoms with van der Waals surface area (Å²) in [5.74, 6) is 0.532. The fraction of sp³-hybridized carbons (Fsp3) is 0.481. The number of anilines is 1. The Morgan fingerprint density at radius 1 is 0.973 bits per heavy atom. The number of nitrogens with zero attached hydrogens (tertiary/aromatic N) is 2. The van der Waals surface area contributed by atoms with Gasteiger partial charge in [0.15, 0.2) is 0 Å². The SMILES string of the molecule is CCCCNC(=O)C(CC)N(Cc1ccc(OC)cc1)C(=O)CN(c1ccc(OCC)cc1)S(C)(=O)=O. The minimum absolute atomic E-state index is 0.142. The van der Waals surface area contributed by atoms with Crippen LogP contribution in [0.15, 0.2) is 48.5 Å². The Labute approximate surface area is 220 Å². The van der Waals surface area contributed by atoms with E-state index in [9.17, 15) is 18.0 Å². The van der Waals surface area contributed by atoms with E-state index < -0.39 is 28.5 Å². The number of rotatable bonds is 15. The number of hydrogen-bond donors (Lipinski definition) is 1. The molecule has 2 aromatic rings. The van der Waals surface area contributed by atoms with Crippen LogP contribution in [-0.4, -0.2) is 64.2 Å². The molecule has 0 fully saturated rings. The van der Waals surface area contributed by atoms with Gasteiger partial charge in [-0.2, -0.15) is 0 Å². The number of methoxy groups -OCH3 is 1. The van der Waals surface area contributed by atoms with E-state index in [1.54, 1.807) is 43.5 Å². The second kappa shape index (κ2) is 14.5. The van der Waals surface area contributed by atoms with Crippen LogP contribution >= 0.6 is 0 Å². The number of carbonyl (C=O) groups is 2. The molecule has 2 amide bonds. The van der Waals surface area contributed by atoms with Crippen molar-refractivity contribution in [2.75, 3.05) is 37.4 Å². The summed E-state index contributed by atoms with van der Waals surface area (Å²) in [6.07, 6.45) is 3.19. The van der Waals surface area contributed by atoms with Crippen LogP contribution in [-0.2, 0) is 26.2 Å². The largest absolute Gasteiger partial charge is 0.497 e. The second-order valence-electron chi connectivity index (χ2n) is 8.63. The van der Waals surface area contributed by atoms with Crippen molar-refractivity contribution in [2.45, 2.75) is 52.6 Å². The van der Waals surface area contributed by atoms with E-state index in [1.165, 1.54) is 4.90 Å².